The number of hydrogen-bond donors (Lipinski definition) is 4. The number of benzene rings is 2. The number of carbonyl (C=O) groups excluding carboxylic acids is 3. The Labute approximate surface area is 245 Å². The molecule has 0 radical (unpaired) electrons. The highest BCUT2D eigenvalue weighted by atomic mass is 16.6. The number of anilines is 1. The molecule has 11 nitrogen and oxygen atoms in total. The van der Waals surface area contributed by atoms with E-state index in [-0.39, 0.29) is 29.0 Å². The number of imidazole rings is 1. The molecule has 1 fully saturated rings. The number of aromatic carboxylic acids is 1. The first-order valence-corrected chi connectivity index (χ1v) is 14.3. The van der Waals surface area contributed by atoms with Crippen LogP contribution in [0.3, 0.4) is 0 Å². The van der Waals surface area contributed by atoms with E-state index in [1.807, 2.05) is 50.5 Å². The molecule has 2 heterocycles. The van der Waals surface area contributed by atoms with E-state index < -0.39 is 23.6 Å². The predicted molar refractivity (Wildman–Crippen MR) is 159 cm³/mol. The Balaban J connectivity index is 1.60. The Kier molecular flexibility index (Phi) is 9.49. The van der Waals surface area contributed by atoms with Crippen LogP contribution in [0.25, 0.3) is 11.0 Å². The second-order valence-corrected chi connectivity index (χ2v) is 11.6. The quantitative estimate of drug-likeness (QED) is 0.241. The molecule has 1 aliphatic heterocycles. The van der Waals surface area contributed by atoms with Gasteiger partial charge >= 0.3 is 12.1 Å². The van der Waals surface area contributed by atoms with E-state index in [9.17, 15) is 24.3 Å². The Bertz CT molecular complexity index is 1470. The van der Waals surface area contributed by atoms with Gasteiger partial charge in [0, 0.05) is 24.7 Å². The van der Waals surface area contributed by atoms with Crippen LogP contribution < -0.4 is 16.0 Å². The molecule has 3 aromatic rings. The lowest BCUT2D eigenvalue weighted by molar-refractivity contribution is -0.123. The van der Waals surface area contributed by atoms with E-state index in [1.54, 1.807) is 6.07 Å². The van der Waals surface area contributed by atoms with Gasteiger partial charge < -0.3 is 25.0 Å². The molecule has 1 saturated heterocycles. The number of nitrogens with one attached hydrogen (secondary N) is 3. The molecule has 0 bridgehead atoms. The normalized spacial score (nSPS) is 16.0. The van der Waals surface area contributed by atoms with Crippen LogP contribution in [0.4, 0.5) is 10.7 Å². The number of amides is 3. The number of carboxylic acid groups (broad SMARTS) is 1. The van der Waals surface area contributed by atoms with Crippen molar-refractivity contribution in [3.8, 4) is 0 Å². The highest BCUT2D eigenvalue weighted by Gasteiger charge is 2.29. The summed E-state index contributed by atoms with van der Waals surface area (Å²) in [6.07, 6.45) is 3.33. The van der Waals surface area contributed by atoms with Crippen LogP contribution in [-0.2, 0) is 9.53 Å². The number of alkyl carbamates (subject to hydrolysis) is 1. The van der Waals surface area contributed by atoms with Crippen molar-refractivity contribution in [2.24, 2.45) is 0 Å². The van der Waals surface area contributed by atoms with E-state index in [2.05, 4.69) is 16.0 Å². The summed E-state index contributed by atoms with van der Waals surface area (Å²) in [7, 11) is 0. The van der Waals surface area contributed by atoms with Crippen molar-refractivity contribution in [1.29, 1.82) is 0 Å². The highest BCUT2D eigenvalue weighted by molar-refractivity contribution is 6.05. The maximum absolute atomic E-state index is 13.3. The molecule has 0 spiro atoms. The molecule has 2 unspecified atom stereocenters. The summed E-state index contributed by atoms with van der Waals surface area (Å²) < 4.78 is 7.26. The zero-order valence-electron chi connectivity index (χ0n) is 24.5. The molecule has 3 amide bonds. The van der Waals surface area contributed by atoms with Crippen LogP contribution in [0, 0.1) is 0 Å². The number of ether oxygens (including phenoxy) is 1. The first-order valence-electron chi connectivity index (χ1n) is 14.3. The third kappa shape index (κ3) is 7.45. The monoisotopic (exact) mass is 577 g/mol. The number of rotatable bonds is 10. The van der Waals surface area contributed by atoms with Crippen molar-refractivity contribution < 1.29 is 29.0 Å². The summed E-state index contributed by atoms with van der Waals surface area (Å²) in [6, 6.07) is 11.4. The number of carbonyl (C=O) groups is 4. The van der Waals surface area contributed by atoms with Crippen molar-refractivity contribution >= 4 is 40.9 Å². The average molecular weight is 578 g/mol. The number of carboxylic acids is 1. The molecule has 2 aromatic carbocycles. The Morgan fingerprint density at radius 1 is 1.14 bits per heavy atom. The number of aromatic nitrogens is 2. The molecule has 11 heteroatoms. The van der Waals surface area contributed by atoms with Crippen LogP contribution in [0.2, 0.25) is 0 Å². The second kappa shape index (κ2) is 13.1. The van der Waals surface area contributed by atoms with Gasteiger partial charge in [0.05, 0.1) is 22.5 Å². The molecule has 1 aromatic heterocycles. The smallest absolute Gasteiger partial charge is 0.407 e. The van der Waals surface area contributed by atoms with Gasteiger partial charge in [-0.2, -0.15) is 0 Å². The van der Waals surface area contributed by atoms with Crippen LogP contribution in [0.5, 0.6) is 0 Å². The summed E-state index contributed by atoms with van der Waals surface area (Å²) in [6.45, 7) is 8.58. The third-order valence-electron chi connectivity index (χ3n) is 7.16. The van der Waals surface area contributed by atoms with Gasteiger partial charge in [-0.15, -0.1) is 0 Å². The molecule has 2 atom stereocenters. The number of unbranched alkanes of at least 4 members (excludes halogenated alkanes) is 1. The lowest BCUT2D eigenvalue weighted by Gasteiger charge is -2.25. The largest absolute Gasteiger partial charge is 0.478 e. The number of piperidine rings is 1. The van der Waals surface area contributed by atoms with Crippen molar-refractivity contribution in [3.63, 3.8) is 0 Å². The van der Waals surface area contributed by atoms with Gasteiger partial charge in [0.2, 0.25) is 11.9 Å². The maximum Gasteiger partial charge on any atom is 0.407 e. The molecule has 1 aliphatic rings. The van der Waals surface area contributed by atoms with Gasteiger partial charge in [0.15, 0.2) is 0 Å². The molecular weight excluding hydrogens is 538 g/mol. The number of hydrogen-bond acceptors (Lipinski definition) is 6. The molecule has 224 valence electrons. The minimum Gasteiger partial charge on any atom is -0.478 e. The van der Waals surface area contributed by atoms with Crippen molar-refractivity contribution in [2.75, 3.05) is 18.4 Å². The highest BCUT2D eigenvalue weighted by Crippen LogP contribution is 2.35. The van der Waals surface area contributed by atoms with Crippen LogP contribution >= 0.6 is 0 Å². The standard InChI is InChI=1S/C31H39N5O6/c1-19(10-5-6-16-33-30(41)42-31(2,3)4)36-25-22(23-14-9-17-32-27(23)38)13-8-15-24(25)34-29(36)35-26(37)20-11-7-12-21(18-20)28(39)40/h7-8,11-13,15,18-19,23H,5-6,9-10,14,16-17H2,1-4H3,(H,32,38)(H,33,41)(H,39,40)(H,34,35,37). The zero-order chi connectivity index (χ0) is 30.4. The van der Waals surface area contributed by atoms with Crippen molar-refractivity contribution in [3.05, 3.63) is 59.2 Å². The van der Waals surface area contributed by atoms with E-state index in [0.717, 1.165) is 30.3 Å². The fraction of sp³-hybridized carbons (Fsp3) is 0.452. The lowest BCUT2D eigenvalue weighted by atomic mass is 9.89. The zero-order valence-corrected chi connectivity index (χ0v) is 24.5. The Hall–Kier alpha value is -4.41. The summed E-state index contributed by atoms with van der Waals surface area (Å²) in [4.78, 5) is 54.3. The van der Waals surface area contributed by atoms with Gasteiger partial charge in [-0.25, -0.2) is 14.6 Å². The molecular formula is C31H39N5O6. The Morgan fingerprint density at radius 2 is 1.88 bits per heavy atom. The Morgan fingerprint density at radius 3 is 2.60 bits per heavy atom. The second-order valence-electron chi connectivity index (χ2n) is 11.6. The van der Waals surface area contributed by atoms with E-state index >= 15 is 0 Å². The SMILES string of the molecule is CC(CCCCNC(=O)OC(C)(C)C)n1c(NC(=O)c2cccc(C(=O)O)c2)nc2cccc(C3CCCNC3=O)c21. The van der Waals surface area contributed by atoms with Gasteiger partial charge in [-0.1, -0.05) is 18.2 Å². The first kappa shape index (κ1) is 30.5. The molecule has 0 saturated carbocycles. The minimum absolute atomic E-state index is 0.00936. The summed E-state index contributed by atoms with van der Waals surface area (Å²) in [5.41, 5.74) is 1.93. The first-order chi connectivity index (χ1) is 19.9. The average Bonchev–Trinajstić information content (AvgIpc) is 3.30. The molecule has 42 heavy (non-hydrogen) atoms. The number of nitrogens with zero attached hydrogens (tertiary/aromatic N) is 2. The minimum atomic E-state index is -1.12. The van der Waals surface area contributed by atoms with Gasteiger partial charge in [-0.05, 0) is 89.6 Å². The number of para-hydroxylation sites is 1. The molecule has 4 N–H and O–H groups in total. The van der Waals surface area contributed by atoms with Gasteiger partial charge in [0.25, 0.3) is 5.91 Å². The van der Waals surface area contributed by atoms with E-state index in [0.29, 0.717) is 37.4 Å². The lowest BCUT2D eigenvalue weighted by Crippen LogP contribution is -2.35. The fourth-order valence-corrected chi connectivity index (χ4v) is 5.21. The third-order valence-corrected chi connectivity index (χ3v) is 7.16. The summed E-state index contributed by atoms with van der Waals surface area (Å²) in [5, 5.41) is 18.0. The van der Waals surface area contributed by atoms with E-state index in [1.165, 1.54) is 18.2 Å². The topological polar surface area (TPSA) is 152 Å². The number of fused-ring (bicyclic) bond motifs is 1. The maximum atomic E-state index is 13.3. The fourth-order valence-electron chi connectivity index (χ4n) is 5.21. The molecule has 0 aliphatic carbocycles. The van der Waals surface area contributed by atoms with Gasteiger partial charge in [-0.3, -0.25) is 14.9 Å². The van der Waals surface area contributed by atoms with Crippen molar-refractivity contribution in [1.82, 2.24) is 20.2 Å². The van der Waals surface area contributed by atoms with Crippen molar-refractivity contribution in [2.45, 2.75) is 77.4 Å². The van der Waals surface area contributed by atoms with Gasteiger partial charge in [0.1, 0.15) is 5.60 Å². The molecule has 4 rings (SSSR count). The van der Waals surface area contributed by atoms with Crippen LogP contribution in [-0.4, -0.2) is 57.2 Å². The van der Waals surface area contributed by atoms with Crippen LogP contribution in [0.15, 0.2) is 42.5 Å². The van der Waals surface area contributed by atoms with Crippen LogP contribution in [0.1, 0.15) is 98.0 Å². The predicted octanol–water partition coefficient (Wildman–Crippen LogP) is 5.24. The van der Waals surface area contributed by atoms with E-state index in [4.69, 9.17) is 9.72 Å². The summed E-state index contributed by atoms with van der Waals surface area (Å²) in [5.74, 6) is -1.65. The summed E-state index contributed by atoms with van der Waals surface area (Å²) >= 11 is 0.